The first-order valence-corrected chi connectivity index (χ1v) is 7.25. The third kappa shape index (κ3) is 3.44. The molecule has 2 aromatic carbocycles. The Balaban J connectivity index is 1.65. The van der Waals surface area contributed by atoms with Gasteiger partial charge in [0.25, 0.3) is 0 Å². The fourth-order valence-corrected chi connectivity index (χ4v) is 2.34. The largest absolute Gasteiger partial charge is 0.342 e. The minimum absolute atomic E-state index is 0.0700. The van der Waals surface area contributed by atoms with Crippen LogP contribution >= 0.6 is 0 Å². The number of hydrogen-bond donors (Lipinski definition) is 2. The Morgan fingerprint density at radius 2 is 1.73 bits per heavy atom. The van der Waals surface area contributed by atoms with Gasteiger partial charge in [0.05, 0.1) is 5.69 Å². The molecule has 0 unspecified atom stereocenters. The lowest BCUT2D eigenvalue weighted by Crippen LogP contribution is -2.11. The number of hydrogen-bond acceptors (Lipinski definition) is 4. The van der Waals surface area contributed by atoms with E-state index in [0.717, 1.165) is 35.9 Å². The number of carbonyl (C=O) groups is 1. The van der Waals surface area contributed by atoms with Crippen LogP contribution in [-0.2, 0) is 4.79 Å². The molecule has 1 aliphatic heterocycles. The summed E-state index contributed by atoms with van der Waals surface area (Å²) in [6.07, 6.45) is 0.877. The average molecular weight is 294 g/mol. The first-order valence-electron chi connectivity index (χ1n) is 7.25. The Morgan fingerprint density at radius 3 is 2.41 bits per heavy atom. The van der Waals surface area contributed by atoms with Gasteiger partial charge in [-0.25, -0.2) is 0 Å². The molecule has 22 heavy (non-hydrogen) atoms. The van der Waals surface area contributed by atoms with Gasteiger partial charge < -0.3 is 10.6 Å². The highest BCUT2D eigenvalue weighted by Gasteiger charge is 2.15. The van der Waals surface area contributed by atoms with Crippen molar-refractivity contribution < 1.29 is 4.79 Å². The van der Waals surface area contributed by atoms with Gasteiger partial charge in [0.15, 0.2) is 0 Å². The normalized spacial score (nSPS) is 13.7. The molecule has 1 heterocycles. The van der Waals surface area contributed by atoms with E-state index < -0.39 is 0 Å². The monoisotopic (exact) mass is 294 g/mol. The van der Waals surface area contributed by atoms with Gasteiger partial charge in [-0.1, -0.05) is 18.2 Å². The molecule has 0 spiro atoms. The summed E-state index contributed by atoms with van der Waals surface area (Å²) < 4.78 is 0. The van der Waals surface area contributed by atoms with Gasteiger partial charge >= 0.3 is 0 Å². The van der Waals surface area contributed by atoms with Gasteiger partial charge in [-0.05, 0) is 36.4 Å². The molecule has 5 heteroatoms. The second kappa shape index (κ2) is 6.30. The lowest BCUT2D eigenvalue weighted by atomic mass is 10.2. The molecule has 0 radical (unpaired) electrons. The predicted molar refractivity (Wildman–Crippen MR) is 90.2 cm³/mol. The molecule has 1 aliphatic rings. The minimum Gasteiger partial charge on any atom is -0.342 e. The maximum Gasteiger partial charge on any atom is 0.221 e. The fraction of sp³-hybridized carbons (Fsp3) is 0.176. The van der Waals surface area contributed by atoms with Gasteiger partial charge in [-0.2, -0.15) is 5.10 Å². The summed E-state index contributed by atoms with van der Waals surface area (Å²) in [4.78, 5) is 11.0. The Bertz CT molecular complexity index is 680. The van der Waals surface area contributed by atoms with E-state index in [2.05, 4.69) is 27.9 Å². The molecule has 5 nitrogen and oxygen atoms in total. The molecule has 2 aromatic rings. The quantitative estimate of drug-likeness (QED) is 0.913. The van der Waals surface area contributed by atoms with E-state index >= 15 is 0 Å². The number of amides is 1. The molecule has 1 amide bonds. The molecule has 112 valence electrons. The topological polar surface area (TPSA) is 56.7 Å². The van der Waals surface area contributed by atoms with Crippen LogP contribution < -0.4 is 15.6 Å². The summed E-state index contributed by atoms with van der Waals surface area (Å²) in [5, 5.41) is 12.7. The standard InChI is InChI=1S/C17H18N4O/c1-13(22)18-14-7-9-15(10-8-14)19-17-11-12-21(20-17)16-5-3-2-4-6-16/h2-10H,11-12H2,1H3,(H,18,22)(H,19,20). The average Bonchev–Trinajstić information content (AvgIpc) is 2.98. The van der Waals surface area contributed by atoms with E-state index in [1.165, 1.54) is 6.92 Å². The summed E-state index contributed by atoms with van der Waals surface area (Å²) in [7, 11) is 0. The summed E-state index contributed by atoms with van der Waals surface area (Å²) >= 11 is 0. The first-order chi connectivity index (χ1) is 10.7. The summed E-state index contributed by atoms with van der Waals surface area (Å²) in [5.41, 5.74) is 2.85. The predicted octanol–water partition coefficient (Wildman–Crippen LogP) is 3.28. The fourth-order valence-electron chi connectivity index (χ4n) is 2.34. The van der Waals surface area contributed by atoms with Crippen molar-refractivity contribution in [3.63, 3.8) is 0 Å². The third-order valence-corrected chi connectivity index (χ3v) is 3.35. The van der Waals surface area contributed by atoms with Crippen LogP contribution in [0.5, 0.6) is 0 Å². The molecular formula is C17H18N4O. The number of amidine groups is 1. The number of rotatable bonds is 3. The van der Waals surface area contributed by atoms with Crippen LogP contribution in [0.1, 0.15) is 13.3 Å². The number of para-hydroxylation sites is 1. The highest BCUT2D eigenvalue weighted by molar-refractivity contribution is 5.98. The van der Waals surface area contributed by atoms with Crippen molar-refractivity contribution >= 4 is 28.8 Å². The number of hydrazone groups is 1. The van der Waals surface area contributed by atoms with Crippen LogP contribution in [0.15, 0.2) is 59.7 Å². The van der Waals surface area contributed by atoms with Gasteiger partial charge in [0.2, 0.25) is 5.91 Å². The molecule has 0 saturated heterocycles. The lowest BCUT2D eigenvalue weighted by Gasteiger charge is -2.12. The number of nitrogens with one attached hydrogen (secondary N) is 2. The number of benzene rings is 2. The molecule has 3 rings (SSSR count). The van der Waals surface area contributed by atoms with Crippen LogP contribution in [0.2, 0.25) is 0 Å². The molecule has 0 aliphatic carbocycles. The Labute approximate surface area is 129 Å². The van der Waals surface area contributed by atoms with E-state index in [1.54, 1.807) is 0 Å². The maximum atomic E-state index is 11.0. The van der Waals surface area contributed by atoms with E-state index in [4.69, 9.17) is 0 Å². The Hall–Kier alpha value is -2.82. The van der Waals surface area contributed by atoms with E-state index in [-0.39, 0.29) is 5.91 Å². The Morgan fingerprint density at radius 1 is 1.05 bits per heavy atom. The number of anilines is 3. The van der Waals surface area contributed by atoms with Gasteiger partial charge in [0, 0.05) is 31.3 Å². The first kappa shape index (κ1) is 14.1. The maximum absolute atomic E-state index is 11.0. The van der Waals surface area contributed by atoms with E-state index in [0.29, 0.717) is 0 Å². The van der Waals surface area contributed by atoms with Crippen molar-refractivity contribution in [2.45, 2.75) is 13.3 Å². The molecule has 0 saturated carbocycles. The summed E-state index contributed by atoms with van der Waals surface area (Å²) in [5.74, 6) is 0.871. The third-order valence-electron chi connectivity index (χ3n) is 3.35. The van der Waals surface area contributed by atoms with Crippen molar-refractivity contribution in [3.8, 4) is 0 Å². The Kier molecular flexibility index (Phi) is 4.05. The van der Waals surface area contributed by atoms with Crippen molar-refractivity contribution in [2.75, 3.05) is 22.2 Å². The summed E-state index contributed by atoms with van der Waals surface area (Å²) in [6.45, 7) is 2.37. The van der Waals surface area contributed by atoms with Gasteiger partial charge in [-0.3, -0.25) is 9.80 Å². The molecule has 2 N–H and O–H groups in total. The zero-order valence-corrected chi connectivity index (χ0v) is 12.4. The highest BCUT2D eigenvalue weighted by Crippen LogP contribution is 2.20. The zero-order valence-electron chi connectivity index (χ0n) is 12.4. The number of nitrogens with zero attached hydrogens (tertiary/aromatic N) is 2. The molecule has 0 atom stereocenters. The molecular weight excluding hydrogens is 276 g/mol. The van der Waals surface area contributed by atoms with Crippen molar-refractivity contribution in [1.82, 2.24) is 0 Å². The highest BCUT2D eigenvalue weighted by atomic mass is 16.1. The zero-order chi connectivity index (χ0) is 15.4. The summed E-state index contributed by atoms with van der Waals surface area (Å²) in [6, 6.07) is 17.7. The van der Waals surface area contributed by atoms with Crippen molar-refractivity contribution in [1.29, 1.82) is 0 Å². The van der Waals surface area contributed by atoms with Gasteiger partial charge in [-0.15, -0.1) is 0 Å². The van der Waals surface area contributed by atoms with Gasteiger partial charge in [0.1, 0.15) is 5.84 Å². The number of carbonyl (C=O) groups excluding carboxylic acids is 1. The molecule has 0 fully saturated rings. The second-order valence-electron chi connectivity index (χ2n) is 5.14. The van der Waals surface area contributed by atoms with Crippen LogP contribution in [0.3, 0.4) is 0 Å². The van der Waals surface area contributed by atoms with Crippen LogP contribution in [0.4, 0.5) is 17.1 Å². The van der Waals surface area contributed by atoms with Crippen LogP contribution in [0.25, 0.3) is 0 Å². The van der Waals surface area contributed by atoms with Crippen molar-refractivity contribution in [2.24, 2.45) is 5.10 Å². The van der Waals surface area contributed by atoms with Crippen LogP contribution in [-0.4, -0.2) is 18.3 Å². The smallest absolute Gasteiger partial charge is 0.221 e. The molecule has 0 bridgehead atoms. The SMILES string of the molecule is CC(=O)Nc1ccc(NC2=NN(c3ccccc3)CC2)cc1. The van der Waals surface area contributed by atoms with Crippen molar-refractivity contribution in [3.05, 3.63) is 54.6 Å². The van der Waals surface area contributed by atoms with E-state index in [9.17, 15) is 4.79 Å². The second-order valence-corrected chi connectivity index (χ2v) is 5.14. The minimum atomic E-state index is -0.0700. The molecule has 0 aromatic heterocycles. The van der Waals surface area contributed by atoms with E-state index in [1.807, 2.05) is 47.5 Å². The van der Waals surface area contributed by atoms with Crippen LogP contribution in [0, 0.1) is 0 Å². The lowest BCUT2D eigenvalue weighted by molar-refractivity contribution is -0.114.